The Morgan fingerprint density at radius 3 is 2.58 bits per heavy atom. The lowest BCUT2D eigenvalue weighted by Crippen LogP contribution is -2.49. The van der Waals surface area contributed by atoms with Gasteiger partial charge < -0.3 is 0 Å². The maximum Gasteiger partial charge on any atom is 0.236 e. The van der Waals surface area contributed by atoms with Crippen molar-refractivity contribution in [2.24, 2.45) is 11.8 Å². The number of anilines is 1. The zero-order valence-electron chi connectivity index (χ0n) is 11.2. The Morgan fingerprint density at radius 2 is 1.95 bits per heavy atom. The van der Waals surface area contributed by atoms with Gasteiger partial charge in [0.25, 0.3) is 0 Å². The number of para-hydroxylation sites is 1. The lowest BCUT2D eigenvalue weighted by Gasteiger charge is -2.34. The molecule has 2 amide bonds. The summed E-state index contributed by atoms with van der Waals surface area (Å²) in [4.78, 5) is 26.0. The minimum Gasteiger partial charge on any atom is -0.274 e. The second kappa shape index (κ2) is 5.74. The molecule has 0 radical (unpaired) electrons. The van der Waals surface area contributed by atoms with Gasteiger partial charge in [-0.25, -0.2) is 4.90 Å². The van der Waals surface area contributed by atoms with Gasteiger partial charge in [0.05, 0.1) is 10.7 Å². The standard InChI is InChI=1S/C15H18ClNO2/c1-3-6-11-9-10(2)14(18)17(15(11)19)13-8-5-4-7-12(13)16/h4-5,7-8,10-11H,3,6,9H2,1-2H3/t10-,11+/m0/s1. The fourth-order valence-electron chi connectivity index (χ4n) is 2.60. The van der Waals surface area contributed by atoms with E-state index in [-0.39, 0.29) is 23.7 Å². The van der Waals surface area contributed by atoms with Crippen molar-refractivity contribution in [3.63, 3.8) is 0 Å². The average Bonchev–Trinajstić information content (AvgIpc) is 2.38. The van der Waals surface area contributed by atoms with Gasteiger partial charge in [0.15, 0.2) is 0 Å². The van der Waals surface area contributed by atoms with Gasteiger partial charge >= 0.3 is 0 Å². The highest BCUT2D eigenvalue weighted by Gasteiger charge is 2.39. The highest BCUT2D eigenvalue weighted by atomic mass is 35.5. The predicted octanol–water partition coefficient (Wildman–Crippen LogP) is 3.66. The first-order valence-electron chi connectivity index (χ1n) is 6.68. The van der Waals surface area contributed by atoms with E-state index < -0.39 is 0 Å². The van der Waals surface area contributed by atoms with E-state index in [2.05, 4.69) is 0 Å². The van der Waals surface area contributed by atoms with E-state index >= 15 is 0 Å². The highest BCUT2D eigenvalue weighted by molar-refractivity contribution is 6.35. The molecule has 19 heavy (non-hydrogen) atoms. The summed E-state index contributed by atoms with van der Waals surface area (Å²) in [6.07, 6.45) is 2.40. The summed E-state index contributed by atoms with van der Waals surface area (Å²) < 4.78 is 0. The van der Waals surface area contributed by atoms with E-state index in [4.69, 9.17) is 11.6 Å². The van der Waals surface area contributed by atoms with Crippen LogP contribution in [0, 0.1) is 11.8 Å². The molecule has 0 aromatic heterocycles. The van der Waals surface area contributed by atoms with Crippen LogP contribution in [-0.4, -0.2) is 11.8 Å². The molecule has 102 valence electrons. The number of carbonyl (C=O) groups is 2. The first-order valence-corrected chi connectivity index (χ1v) is 7.06. The normalized spacial score (nSPS) is 23.8. The molecule has 0 bridgehead atoms. The molecule has 1 aliphatic heterocycles. The number of hydrogen-bond acceptors (Lipinski definition) is 2. The molecule has 1 aromatic rings. The lowest BCUT2D eigenvalue weighted by atomic mass is 9.86. The number of imide groups is 1. The minimum absolute atomic E-state index is 0.0750. The molecule has 0 aliphatic carbocycles. The van der Waals surface area contributed by atoms with Crippen LogP contribution >= 0.6 is 11.6 Å². The van der Waals surface area contributed by atoms with Crippen LogP contribution in [0.25, 0.3) is 0 Å². The summed E-state index contributed by atoms with van der Waals surface area (Å²) in [6, 6.07) is 7.00. The third-order valence-electron chi connectivity index (χ3n) is 3.58. The van der Waals surface area contributed by atoms with Crippen molar-refractivity contribution in [2.75, 3.05) is 4.90 Å². The van der Waals surface area contributed by atoms with Crippen LogP contribution < -0.4 is 4.90 Å². The van der Waals surface area contributed by atoms with E-state index in [0.29, 0.717) is 17.1 Å². The van der Waals surface area contributed by atoms with Crippen molar-refractivity contribution in [3.05, 3.63) is 29.3 Å². The molecule has 0 saturated carbocycles. The van der Waals surface area contributed by atoms with Crippen molar-refractivity contribution < 1.29 is 9.59 Å². The molecule has 3 nitrogen and oxygen atoms in total. The second-order valence-corrected chi connectivity index (χ2v) is 5.49. The Balaban J connectivity index is 2.38. The summed E-state index contributed by atoms with van der Waals surface area (Å²) in [5, 5.41) is 0.438. The van der Waals surface area contributed by atoms with Crippen LogP contribution in [0.4, 0.5) is 5.69 Å². The van der Waals surface area contributed by atoms with E-state index in [1.807, 2.05) is 13.8 Å². The fourth-order valence-corrected chi connectivity index (χ4v) is 2.82. The molecule has 1 heterocycles. The Labute approximate surface area is 118 Å². The third-order valence-corrected chi connectivity index (χ3v) is 3.90. The lowest BCUT2D eigenvalue weighted by molar-refractivity contribution is -0.135. The molecule has 2 rings (SSSR count). The molecule has 1 saturated heterocycles. The monoisotopic (exact) mass is 279 g/mol. The number of piperidine rings is 1. The number of benzene rings is 1. The molecule has 1 aliphatic rings. The summed E-state index contributed by atoms with van der Waals surface area (Å²) in [5.74, 6) is -0.469. The van der Waals surface area contributed by atoms with Gasteiger partial charge in [0, 0.05) is 11.8 Å². The molecular weight excluding hydrogens is 262 g/mol. The Morgan fingerprint density at radius 1 is 1.26 bits per heavy atom. The molecule has 4 heteroatoms. The minimum atomic E-state index is -0.148. The van der Waals surface area contributed by atoms with Gasteiger partial charge in [-0.1, -0.05) is 44.0 Å². The van der Waals surface area contributed by atoms with Gasteiger partial charge in [-0.3, -0.25) is 9.59 Å². The highest BCUT2D eigenvalue weighted by Crippen LogP contribution is 2.34. The first-order chi connectivity index (χ1) is 9.06. The molecule has 0 N–H and O–H groups in total. The number of rotatable bonds is 3. The van der Waals surface area contributed by atoms with Crippen molar-refractivity contribution >= 4 is 29.1 Å². The molecule has 0 unspecified atom stereocenters. The van der Waals surface area contributed by atoms with Crippen molar-refractivity contribution in [3.8, 4) is 0 Å². The molecule has 0 spiro atoms. The zero-order chi connectivity index (χ0) is 14.0. The quantitative estimate of drug-likeness (QED) is 0.792. The topological polar surface area (TPSA) is 37.4 Å². The summed E-state index contributed by atoms with van der Waals surface area (Å²) >= 11 is 6.11. The fraction of sp³-hybridized carbons (Fsp3) is 0.467. The van der Waals surface area contributed by atoms with Gasteiger partial charge in [-0.05, 0) is 25.0 Å². The predicted molar refractivity (Wildman–Crippen MR) is 76.1 cm³/mol. The maximum atomic E-state index is 12.5. The summed E-state index contributed by atoms with van der Waals surface area (Å²) in [7, 11) is 0. The second-order valence-electron chi connectivity index (χ2n) is 5.09. The van der Waals surface area contributed by atoms with Crippen LogP contribution in [0.2, 0.25) is 5.02 Å². The first kappa shape index (κ1) is 14.1. The van der Waals surface area contributed by atoms with Crippen LogP contribution in [-0.2, 0) is 9.59 Å². The van der Waals surface area contributed by atoms with E-state index in [1.54, 1.807) is 24.3 Å². The third kappa shape index (κ3) is 2.66. The maximum absolute atomic E-state index is 12.5. The molecule has 1 aromatic carbocycles. The Kier molecular flexibility index (Phi) is 4.25. The van der Waals surface area contributed by atoms with Gasteiger partial charge in [-0.15, -0.1) is 0 Å². The smallest absolute Gasteiger partial charge is 0.236 e. The van der Waals surface area contributed by atoms with E-state index in [0.717, 1.165) is 12.8 Å². The number of halogens is 1. The molecule has 2 atom stereocenters. The van der Waals surface area contributed by atoms with E-state index in [9.17, 15) is 9.59 Å². The molecule has 1 fully saturated rings. The summed E-state index contributed by atoms with van der Waals surface area (Å²) in [5.41, 5.74) is 0.506. The van der Waals surface area contributed by atoms with Gasteiger partial charge in [0.2, 0.25) is 11.8 Å². The molecular formula is C15H18ClNO2. The Hall–Kier alpha value is -1.35. The van der Waals surface area contributed by atoms with Crippen LogP contribution in [0.15, 0.2) is 24.3 Å². The number of hydrogen-bond donors (Lipinski definition) is 0. The average molecular weight is 280 g/mol. The van der Waals surface area contributed by atoms with Crippen molar-refractivity contribution in [1.29, 1.82) is 0 Å². The largest absolute Gasteiger partial charge is 0.274 e. The van der Waals surface area contributed by atoms with Crippen LogP contribution in [0.1, 0.15) is 33.1 Å². The van der Waals surface area contributed by atoms with Crippen LogP contribution in [0.5, 0.6) is 0 Å². The zero-order valence-corrected chi connectivity index (χ0v) is 12.0. The van der Waals surface area contributed by atoms with Gasteiger partial charge in [-0.2, -0.15) is 0 Å². The Bertz CT molecular complexity index is 501. The SMILES string of the molecule is CCC[C@@H]1C[C@H](C)C(=O)N(c2ccccc2Cl)C1=O. The van der Waals surface area contributed by atoms with Crippen molar-refractivity contribution in [1.82, 2.24) is 0 Å². The number of amides is 2. The number of nitrogens with zero attached hydrogens (tertiary/aromatic N) is 1. The van der Waals surface area contributed by atoms with E-state index in [1.165, 1.54) is 4.90 Å². The number of carbonyl (C=O) groups excluding carboxylic acids is 2. The summed E-state index contributed by atoms with van der Waals surface area (Å²) in [6.45, 7) is 3.93. The van der Waals surface area contributed by atoms with Crippen molar-refractivity contribution in [2.45, 2.75) is 33.1 Å². The van der Waals surface area contributed by atoms with Crippen LogP contribution in [0.3, 0.4) is 0 Å². The van der Waals surface area contributed by atoms with Gasteiger partial charge in [0.1, 0.15) is 0 Å².